The molecular formula is C27H27ClN4OS. The van der Waals surface area contributed by atoms with Crippen molar-refractivity contribution in [3.05, 3.63) is 63.8 Å². The number of carbonyl (C=O) groups excluding carboxylic acids is 1. The van der Waals surface area contributed by atoms with Gasteiger partial charge in [0.1, 0.15) is 5.82 Å². The fourth-order valence-electron chi connectivity index (χ4n) is 4.72. The van der Waals surface area contributed by atoms with E-state index in [9.17, 15) is 4.79 Å². The number of hydrogen-bond donors (Lipinski definition) is 1. The van der Waals surface area contributed by atoms with Gasteiger partial charge in [-0.15, -0.1) is 11.3 Å². The second-order valence-electron chi connectivity index (χ2n) is 8.94. The number of aldehydes is 1. The summed E-state index contributed by atoms with van der Waals surface area (Å²) >= 11 is 7.73. The maximum Gasteiger partial charge on any atom is 0.162 e. The molecule has 1 atom stereocenters. The Balaban J connectivity index is 1.41. The molecule has 2 aromatic carbocycles. The number of nitrogens with zero attached hydrogens (tertiary/aromatic N) is 3. The van der Waals surface area contributed by atoms with E-state index >= 15 is 0 Å². The monoisotopic (exact) mass is 490 g/mol. The molecule has 0 bridgehead atoms. The van der Waals surface area contributed by atoms with Crippen molar-refractivity contribution >= 4 is 45.9 Å². The predicted molar refractivity (Wildman–Crippen MR) is 142 cm³/mol. The quantitative estimate of drug-likeness (QED) is 0.294. The zero-order valence-electron chi connectivity index (χ0n) is 19.1. The molecule has 2 aromatic heterocycles. The van der Waals surface area contributed by atoms with Crippen molar-refractivity contribution in [2.24, 2.45) is 5.92 Å². The zero-order chi connectivity index (χ0) is 23.5. The van der Waals surface area contributed by atoms with E-state index in [1.807, 2.05) is 53.9 Å². The highest BCUT2D eigenvalue weighted by atomic mass is 35.5. The molecule has 0 radical (unpaired) electrons. The van der Waals surface area contributed by atoms with Crippen LogP contribution < -0.4 is 5.32 Å². The lowest BCUT2D eigenvalue weighted by atomic mass is 9.95. The second kappa shape index (κ2) is 10.2. The topological polar surface area (TPSA) is 58.1 Å². The van der Waals surface area contributed by atoms with E-state index in [0.29, 0.717) is 16.8 Å². The van der Waals surface area contributed by atoms with E-state index in [2.05, 4.69) is 17.3 Å². The Kier molecular flexibility index (Phi) is 6.90. The highest BCUT2D eigenvalue weighted by molar-refractivity contribution is 7.12. The summed E-state index contributed by atoms with van der Waals surface area (Å²) in [5, 5.41) is 7.14. The summed E-state index contributed by atoms with van der Waals surface area (Å²) in [5.74, 6) is 2.21. The summed E-state index contributed by atoms with van der Waals surface area (Å²) in [5.41, 5.74) is 3.70. The number of anilines is 1. The first-order valence-electron chi connectivity index (χ1n) is 11.6. The first-order chi connectivity index (χ1) is 16.6. The number of nitrogens with one attached hydrogen (secondary N) is 1. The van der Waals surface area contributed by atoms with Gasteiger partial charge in [0, 0.05) is 34.6 Å². The average Bonchev–Trinajstić information content (AvgIpc) is 3.33. The Hall–Kier alpha value is -2.80. The molecule has 1 fully saturated rings. The largest absolute Gasteiger partial charge is 0.369 e. The minimum atomic E-state index is 0.655. The molecule has 0 amide bonds. The molecule has 4 aromatic rings. The van der Waals surface area contributed by atoms with Crippen LogP contribution in [-0.2, 0) is 0 Å². The van der Waals surface area contributed by atoms with Crippen LogP contribution in [0.2, 0.25) is 5.02 Å². The van der Waals surface area contributed by atoms with Gasteiger partial charge in [-0.3, -0.25) is 4.79 Å². The minimum absolute atomic E-state index is 0.655. The number of likely N-dealkylation sites (tertiary alicyclic amines) is 1. The molecule has 5 nitrogen and oxygen atoms in total. The molecule has 0 saturated carbocycles. The number of thiophene rings is 1. The maximum absolute atomic E-state index is 11.3. The molecule has 5 rings (SSSR count). The summed E-state index contributed by atoms with van der Waals surface area (Å²) in [6.45, 7) is 3.24. The smallest absolute Gasteiger partial charge is 0.162 e. The lowest BCUT2D eigenvalue weighted by Crippen LogP contribution is -2.32. The van der Waals surface area contributed by atoms with E-state index in [1.165, 1.54) is 30.7 Å². The Bertz CT molecular complexity index is 1300. The van der Waals surface area contributed by atoms with Crippen molar-refractivity contribution in [1.82, 2.24) is 14.9 Å². The average molecular weight is 491 g/mol. The number of aromatic nitrogens is 2. The van der Waals surface area contributed by atoms with E-state index in [-0.39, 0.29) is 0 Å². The molecular weight excluding hydrogens is 464 g/mol. The summed E-state index contributed by atoms with van der Waals surface area (Å²) in [7, 11) is 2.21. The third-order valence-corrected chi connectivity index (χ3v) is 7.56. The van der Waals surface area contributed by atoms with Gasteiger partial charge in [0.25, 0.3) is 0 Å². The number of carbonyl (C=O) groups is 1. The molecule has 1 aliphatic heterocycles. The van der Waals surface area contributed by atoms with Gasteiger partial charge in [0.2, 0.25) is 0 Å². The van der Waals surface area contributed by atoms with Crippen LogP contribution in [0.1, 0.15) is 28.9 Å². The minimum Gasteiger partial charge on any atom is -0.369 e. The van der Waals surface area contributed by atoms with Crippen LogP contribution in [0.4, 0.5) is 5.82 Å². The molecule has 7 heteroatoms. The van der Waals surface area contributed by atoms with Gasteiger partial charge in [0.05, 0.1) is 10.4 Å². The van der Waals surface area contributed by atoms with Crippen molar-refractivity contribution in [3.8, 4) is 22.5 Å². The summed E-state index contributed by atoms with van der Waals surface area (Å²) < 4.78 is 0. The molecule has 34 heavy (non-hydrogen) atoms. The second-order valence-corrected chi connectivity index (χ2v) is 10.3. The molecule has 1 aliphatic rings. The lowest BCUT2D eigenvalue weighted by molar-refractivity contribution is 0.112. The first kappa shape index (κ1) is 23.0. The number of halogens is 1. The number of rotatable bonds is 7. The van der Waals surface area contributed by atoms with Gasteiger partial charge in [-0.25, -0.2) is 9.97 Å². The first-order valence-corrected chi connectivity index (χ1v) is 12.9. The van der Waals surface area contributed by atoms with Crippen LogP contribution in [0.25, 0.3) is 33.4 Å². The normalized spacial score (nSPS) is 16.6. The van der Waals surface area contributed by atoms with E-state index in [0.717, 1.165) is 64.1 Å². The Morgan fingerprint density at radius 3 is 2.76 bits per heavy atom. The Morgan fingerprint density at radius 1 is 1.15 bits per heavy atom. The van der Waals surface area contributed by atoms with Gasteiger partial charge >= 0.3 is 0 Å². The van der Waals surface area contributed by atoms with Gasteiger partial charge in [0.15, 0.2) is 12.1 Å². The van der Waals surface area contributed by atoms with Crippen molar-refractivity contribution in [1.29, 1.82) is 0 Å². The third kappa shape index (κ3) is 4.99. The number of benzene rings is 2. The lowest BCUT2D eigenvalue weighted by Gasteiger charge is -2.29. The predicted octanol–water partition coefficient (Wildman–Crippen LogP) is 6.64. The van der Waals surface area contributed by atoms with Crippen LogP contribution in [0.3, 0.4) is 0 Å². The summed E-state index contributed by atoms with van der Waals surface area (Å²) in [4.78, 5) is 24.2. The number of hydrogen-bond acceptors (Lipinski definition) is 6. The van der Waals surface area contributed by atoms with Crippen LogP contribution in [0.15, 0.2) is 53.9 Å². The standard InChI is InChI=1S/C27H27ClN4OS/c1-32-13-2-3-18(16-32)10-12-29-27-23-9-8-21(28)15-24(23)30-26(31-27)20-6-4-19(5-7-20)22-11-14-34-25(22)17-33/h4-9,11,14-15,17-18H,2-3,10,12-13,16H2,1H3,(H,29,30,31). The molecule has 3 heterocycles. The zero-order valence-corrected chi connectivity index (χ0v) is 20.7. The maximum atomic E-state index is 11.3. The SMILES string of the molecule is CN1CCCC(CCNc2nc(-c3ccc(-c4ccsc4C=O)cc3)nc3cc(Cl)ccc23)C1. The van der Waals surface area contributed by atoms with Gasteiger partial charge in [-0.05, 0) is 74.0 Å². The van der Waals surface area contributed by atoms with Gasteiger partial charge in [-0.1, -0.05) is 35.9 Å². The van der Waals surface area contributed by atoms with Crippen LogP contribution in [-0.4, -0.2) is 47.8 Å². The van der Waals surface area contributed by atoms with E-state index in [4.69, 9.17) is 21.6 Å². The highest BCUT2D eigenvalue weighted by Crippen LogP contribution is 2.31. The Morgan fingerprint density at radius 2 is 1.97 bits per heavy atom. The molecule has 0 spiro atoms. The molecule has 1 saturated heterocycles. The van der Waals surface area contributed by atoms with Crippen LogP contribution in [0, 0.1) is 5.92 Å². The van der Waals surface area contributed by atoms with E-state index < -0.39 is 0 Å². The van der Waals surface area contributed by atoms with Crippen molar-refractivity contribution in [3.63, 3.8) is 0 Å². The van der Waals surface area contributed by atoms with Gasteiger partial charge < -0.3 is 10.2 Å². The molecule has 1 N–H and O–H groups in total. The number of fused-ring (bicyclic) bond motifs is 1. The molecule has 1 unspecified atom stereocenters. The Labute approximate surface area is 208 Å². The highest BCUT2D eigenvalue weighted by Gasteiger charge is 2.17. The van der Waals surface area contributed by atoms with E-state index in [1.54, 1.807) is 0 Å². The fourth-order valence-corrected chi connectivity index (χ4v) is 5.61. The summed E-state index contributed by atoms with van der Waals surface area (Å²) in [6, 6.07) is 15.8. The van der Waals surface area contributed by atoms with Crippen molar-refractivity contribution < 1.29 is 4.79 Å². The third-order valence-electron chi connectivity index (χ3n) is 6.48. The van der Waals surface area contributed by atoms with Gasteiger partial charge in [-0.2, -0.15) is 0 Å². The number of piperidine rings is 1. The molecule has 0 aliphatic carbocycles. The fraction of sp³-hybridized carbons (Fsp3) is 0.296. The summed E-state index contributed by atoms with van der Waals surface area (Å²) in [6.07, 6.45) is 4.59. The van der Waals surface area contributed by atoms with Crippen LogP contribution >= 0.6 is 22.9 Å². The van der Waals surface area contributed by atoms with Crippen LogP contribution in [0.5, 0.6) is 0 Å². The molecule has 174 valence electrons. The van der Waals surface area contributed by atoms with Crippen molar-refractivity contribution in [2.75, 3.05) is 32.0 Å². The van der Waals surface area contributed by atoms with Crippen molar-refractivity contribution in [2.45, 2.75) is 19.3 Å².